The average molecular weight is 360 g/mol. The number of hydrogen-bond donors (Lipinski definition) is 1. The zero-order chi connectivity index (χ0) is 18.8. The van der Waals surface area contributed by atoms with Crippen molar-refractivity contribution in [3.63, 3.8) is 0 Å². The Labute approximate surface area is 156 Å². The van der Waals surface area contributed by atoms with Crippen LogP contribution < -0.4 is 5.32 Å². The van der Waals surface area contributed by atoms with E-state index in [9.17, 15) is 4.79 Å². The van der Waals surface area contributed by atoms with Gasteiger partial charge in [0.2, 0.25) is 17.7 Å². The molecule has 2 aromatic carbocycles. The van der Waals surface area contributed by atoms with Crippen molar-refractivity contribution in [2.75, 3.05) is 5.32 Å². The average Bonchev–Trinajstić information content (AvgIpc) is 3.26. The molecular formula is C21H20N4O2. The first-order valence-electron chi connectivity index (χ1n) is 8.91. The van der Waals surface area contributed by atoms with Gasteiger partial charge in [-0.1, -0.05) is 37.3 Å². The summed E-state index contributed by atoms with van der Waals surface area (Å²) in [5, 5.41) is 11.9. The number of para-hydroxylation sites is 1. The van der Waals surface area contributed by atoms with Crippen LogP contribution in [0.4, 0.5) is 5.69 Å². The Morgan fingerprint density at radius 3 is 2.59 bits per heavy atom. The van der Waals surface area contributed by atoms with Crippen LogP contribution >= 0.6 is 0 Å². The maximum Gasteiger partial charge on any atom is 0.249 e. The molecule has 0 radical (unpaired) electrons. The molecule has 0 spiro atoms. The molecule has 2 heterocycles. The van der Waals surface area contributed by atoms with Crippen LogP contribution in [0, 0.1) is 6.92 Å². The van der Waals surface area contributed by atoms with Crippen LogP contribution in [-0.4, -0.2) is 20.7 Å². The fourth-order valence-corrected chi connectivity index (χ4v) is 3.13. The van der Waals surface area contributed by atoms with Crippen molar-refractivity contribution in [2.24, 2.45) is 0 Å². The molecule has 27 heavy (non-hydrogen) atoms. The van der Waals surface area contributed by atoms with Gasteiger partial charge in [-0.05, 0) is 30.2 Å². The topological polar surface area (TPSA) is 73.0 Å². The number of carbonyl (C=O) groups excluding carboxylic acids is 1. The van der Waals surface area contributed by atoms with Crippen molar-refractivity contribution in [1.82, 2.24) is 14.8 Å². The van der Waals surface area contributed by atoms with Gasteiger partial charge >= 0.3 is 0 Å². The normalized spacial score (nSPS) is 11.0. The second-order valence-electron chi connectivity index (χ2n) is 6.41. The smallest absolute Gasteiger partial charge is 0.249 e. The molecule has 0 aliphatic carbocycles. The largest absolute Gasteiger partial charge is 0.421 e. The number of carbonyl (C=O) groups is 1. The van der Waals surface area contributed by atoms with E-state index in [2.05, 4.69) is 22.4 Å². The molecule has 1 N–H and O–H groups in total. The highest BCUT2D eigenvalue weighted by atomic mass is 16.4. The van der Waals surface area contributed by atoms with E-state index in [1.54, 1.807) is 6.92 Å². The second kappa shape index (κ2) is 7.07. The molecule has 1 amide bonds. The number of rotatable bonds is 5. The van der Waals surface area contributed by atoms with Gasteiger partial charge in [-0.15, -0.1) is 10.2 Å². The van der Waals surface area contributed by atoms with Crippen LogP contribution in [-0.2, 0) is 17.8 Å². The maximum atomic E-state index is 12.5. The minimum absolute atomic E-state index is 0.0896. The predicted octanol–water partition coefficient (Wildman–Crippen LogP) is 4.20. The molecule has 0 unspecified atom stereocenters. The Morgan fingerprint density at radius 2 is 1.89 bits per heavy atom. The molecule has 0 saturated carbocycles. The van der Waals surface area contributed by atoms with Crippen molar-refractivity contribution in [3.8, 4) is 11.5 Å². The maximum absolute atomic E-state index is 12.5. The van der Waals surface area contributed by atoms with Crippen LogP contribution in [0.3, 0.4) is 0 Å². The highest BCUT2D eigenvalue weighted by Gasteiger charge is 2.16. The van der Waals surface area contributed by atoms with Crippen LogP contribution in [0.5, 0.6) is 0 Å². The summed E-state index contributed by atoms with van der Waals surface area (Å²) in [5.74, 6) is 0.876. The monoisotopic (exact) mass is 360 g/mol. The Bertz CT molecular complexity index is 1090. The standard InChI is InChI=1S/C21H20N4O2/c1-3-15-8-10-16(11-9-15)22-20(26)13-25-12-18(21-24-23-14(2)27-21)17-6-4-5-7-19(17)25/h4-12H,3,13H2,1-2H3,(H,22,26). The second-order valence-corrected chi connectivity index (χ2v) is 6.41. The minimum atomic E-state index is -0.0896. The molecule has 4 rings (SSSR count). The number of benzene rings is 2. The fraction of sp³-hybridized carbons (Fsp3) is 0.190. The van der Waals surface area contributed by atoms with Gasteiger partial charge in [0.1, 0.15) is 6.54 Å². The van der Waals surface area contributed by atoms with Gasteiger partial charge in [-0.2, -0.15) is 0 Å². The van der Waals surface area contributed by atoms with Crippen LogP contribution in [0.15, 0.2) is 59.1 Å². The van der Waals surface area contributed by atoms with E-state index < -0.39 is 0 Å². The lowest BCUT2D eigenvalue weighted by molar-refractivity contribution is -0.116. The van der Waals surface area contributed by atoms with Gasteiger partial charge in [0.05, 0.1) is 5.56 Å². The van der Waals surface area contributed by atoms with Crippen molar-refractivity contribution < 1.29 is 9.21 Å². The SMILES string of the molecule is CCc1ccc(NC(=O)Cn2cc(-c3nnc(C)o3)c3ccccc32)cc1. The molecule has 6 heteroatoms. The minimum Gasteiger partial charge on any atom is -0.421 e. The molecule has 0 saturated heterocycles. The molecule has 0 aliphatic heterocycles. The summed E-state index contributed by atoms with van der Waals surface area (Å²) in [6.07, 6.45) is 2.86. The summed E-state index contributed by atoms with van der Waals surface area (Å²) in [5.41, 5.74) is 3.80. The summed E-state index contributed by atoms with van der Waals surface area (Å²) >= 11 is 0. The summed E-state index contributed by atoms with van der Waals surface area (Å²) in [7, 11) is 0. The first-order valence-corrected chi connectivity index (χ1v) is 8.91. The van der Waals surface area contributed by atoms with Gasteiger partial charge in [0.25, 0.3) is 0 Å². The van der Waals surface area contributed by atoms with E-state index in [1.165, 1.54) is 5.56 Å². The molecule has 4 aromatic rings. The Kier molecular flexibility index (Phi) is 4.46. The van der Waals surface area contributed by atoms with Gasteiger partial charge in [0.15, 0.2) is 0 Å². The van der Waals surface area contributed by atoms with E-state index in [1.807, 2.05) is 59.3 Å². The number of nitrogens with one attached hydrogen (secondary N) is 1. The Morgan fingerprint density at radius 1 is 1.11 bits per heavy atom. The molecule has 0 aliphatic rings. The number of amides is 1. The van der Waals surface area contributed by atoms with Crippen LogP contribution in [0.1, 0.15) is 18.4 Å². The van der Waals surface area contributed by atoms with Gasteiger partial charge in [-0.3, -0.25) is 4.79 Å². The third-order valence-corrected chi connectivity index (χ3v) is 4.50. The number of anilines is 1. The van der Waals surface area contributed by atoms with Gasteiger partial charge in [0, 0.05) is 29.7 Å². The number of hydrogen-bond acceptors (Lipinski definition) is 4. The van der Waals surface area contributed by atoms with E-state index >= 15 is 0 Å². The number of aromatic nitrogens is 3. The summed E-state index contributed by atoms with van der Waals surface area (Å²) in [6, 6.07) is 15.8. The zero-order valence-corrected chi connectivity index (χ0v) is 15.3. The number of nitrogens with zero attached hydrogens (tertiary/aromatic N) is 3. The first-order chi connectivity index (χ1) is 13.1. The van der Waals surface area contributed by atoms with E-state index in [0.717, 1.165) is 28.6 Å². The Balaban J connectivity index is 1.60. The molecular weight excluding hydrogens is 340 g/mol. The highest BCUT2D eigenvalue weighted by Crippen LogP contribution is 2.29. The summed E-state index contributed by atoms with van der Waals surface area (Å²) in [4.78, 5) is 12.5. The third-order valence-electron chi connectivity index (χ3n) is 4.50. The molecule has 0 bridgehead atoms. The first kappa shape index (κ1) is 17.0. The highest BCUT2D eigenvalue weighted by molar-refractivity contribution is 5.96. The molecule has 6 nitrogen and oxygen atoms in total. The lowest BCUT2D eigenvalue weighted by atomic mass is 10.1. The molecule has 0 fully saturated rings. The molecule has 0 atom stereocenters. The van der Waals surface area contributed by atoms with Crippen LogP contribution in [0.25, 0.3) is 22.4 Å². The zero-order valence-electron chi connectivity index (χ0n) is 15.3. The van der Waals surface area contributed by atoms with Crippen molar-refractivity contribution in [1.29, 1.82) is 0 Å². The number of aryl methyl sites for hydroxylation is 2. The van der Waals surface area contributed by atoms with Crippen molar-refractivity contribution in [2.45, 2.75) is 26.8 Å². The number of fused-ring (bicyclic) bond motifs is 1. The molecule has 136 valence electrons. The lowest BCUT2D eigenvalue weighted by Gasteiger charge is -2.08. The van der Waals surface area contributed by atoms with Crippen molar-refractivity contribution in [3.05, 3.63) is 66.2 Å². The predicted molar refractivity (Wildman–Crippen MR) is 104 cm³/mol. The van der Waals surface area contributed by atoms with E-state index in [-0.39, 0.29) is 12.5 Å². The Hall–Kier alpha value is -3.41. The van der Waals surface area contributed by atoms with Crippen LogP contribution in [0.2, 0.25) is 0 Å². The fourth-order valence-electron chi connectivity index (χ4n) is 3.13. The van der Waals surface area contributed by atoms with E-state index in [4.69, 9.17) is 4.42 Å². The lowest BCUT2D eigenvalue weighted by Crippen LogP contribution is -2.18. The third kappa shape index (κ3) is 3.46. The summed E-state index contributed by atoms with van der Waals surface area (Å²) < 4.78 is 7.48. The van der Waals surface area contributed by atoms with E-state index in [0.29, 0.717) is 11.8 Å². The quantitative estimate of drug-likeness (QED) is 0.579. The van der Waals surface area contributed by atoms with Gasteiger partial charge in [-0.25, -0.2) is 0 Å². The summed E-state index contributed by atoms with van der Waals surface area (Å²) in [6.45, 7) is 4.06. The van der Waals surface area contributed by atoms with Gasteiger partial charge < -0.3 is 14.3 Å². The molecule has 2 aromatic heterocycles. The van der Waals surface area contributed by atoms with Crippen molar-refractivity contribution >= 4 is 22.5 Å².